The third kappa shape index (κ3) is 3.90. The molecule has 0 bridgehead atoms. The van der Waals surface area contributed by atoms with Crippen molar-refractivity contribution in [3.05, 3.63) is 41.7 Å². The molecule has 0 heterocycles. The summed E-state index contributed by atoms with van der Waals surface area (Å²) >= 11 is 0. The van der Waals surface area contributed by atoms with Gasteiger partial charge in [-0.2, -0.15) is 0 Å². The predicted octanol–water partition coefficient (Wildman–Crippen LogP) is 2.65. The van der Waals surface area contributed by atoms with E-state index in [9.17, 15) is 14.3 Å². The van der Waals surface area contributed by atoms with E-state index < -0.39 is 5.60 Å². The van der Waals surface area contributed by atoms with Crippen molar-refractivity contribution in [1.29, 1.82) is 0 Å². The van der Waals surface area contributed by atoms with E-state index in [1.165, 1.54) is 18.2 Å². The van der Waals surface area contributed by atoms with Crippen LogP contribution in [0.15, 0.2) is 30.3 Å². The Kier molecular flexibility index (Phi) is 4.55. The number of benzene rings is 1. The highest BCUT2D eigenvalue weighted by atomic mass is 19.1. The quantitative estimate of drug-likeness (QED) is 0.831. The fraction of sp³-hybridized carbons (Fsp3) is 0.438. The van der Waals surface area contributed by atoms with Crippen molar-refractivity contribution in [2.45, 2.75) is 38.2 Å². The van der Waals surface area contributed by atoms with Gasteiger partial charge in [0, 0.05) is 12.6 Å². The van der Waals surface area contributed by atoms with Crippen molar-refractivity contribution < 1.29 is 14.3 Å². The molecule has 1 aliphatic rings. The van der Waals surface area contributed by atoms with Crippen molar-refractivity contribution in [1.82, 2.24) is 5.32 Å². The van der Waals surface area contributed by atoms with Gasteiger partial charge in [0.25, 0.3) is 0 Å². The van der Waals surface area contributed by atoms with E-state index in [1.54, 1.807) is 19.1 Å². The van der Waals surface area contributed by atoms with Crippen LogP contribution in [0.2, 0.25) is 0 Å². The molecule has 3 nitrogen and oxygen atoms in total. The third-order valence-electron chi connectivity index (χ3n) is 3.75. The van der Waals surface area contributed by atoms with E-state index in [-0.39, 0.29) is 18.3 Å². The number of carbonyl (C=O) groups excluding carboxylic acids is 1. The number of allylic oxidation sites excluding steroid dienone is 1. The lowest BCUT2D eigenvalue weighted by molar-refractivity contribution is -0.117. The van der Waals surface area contributed by atoms with Gasteiger partial charge in [-0.25, -0.2) is 4.39 Å². The topological polar surface area (TPSA) is 49.3 Å². The lowest BCUT2D eigenvalue weighted by atomic mass is 10.0. The van der Waals surface area contributed by atoms with E-state index in [2.05, 4.69) is 5.32 Å². The summed E-state index contributed by atoms with van der Waals surface area (Å²) in [7, 11) is 0. The van der Waals surface area contributed by atoms with E-state index >= 15 is 0 Å². The molecule has 1 aromatic carbocycles. The molecule has 0 aromatic heterocycles. The molecule has 0 atom stereocenters. The first-order valence-corrected chi connectivity index (χ1v) is 6.93. The van der Waals surface area contributed by atoms with Gasteiger partial charge in [-0.1, -0.05) is 25.0 Å². The largest absolute Gasteiger partial charge is 0.388 e. The zero-order chi connectivity index (χ0) is 14.6. The molecular formula is C16H20FNO2. The van der Waals surface area contributed by atoms with Gasteiger partial charge >= 0.3 is 0 Å². The standard InChI is InChI=1S/C16H20FNO2/c1-12(13-5-4-6-14(17)10-13)9-15(19)18-11-16(20)7-2-3-8-16/h4-6,9-10,20H,2-3,7-8,11H2,1H3,(H,18,19)/b12-9-. The van der Waals surface area contributed by atoms with Gasteiger partial charge in [0.15, 0.2) is 0 Å². The lowest BCUT2D eigenvalue weighted by Crippen LogP contribution is -2.40. The molecular weight excluding hydrogens is 257 g/mol. The highest BCUT2D eigenvalue weighted by molar-refractivity contribution is 5.94. The van der Waals surface area contributed by atoms with Crippen LogP contribution in [0.5, 0.6) is 0 Å². The van der Waals surface area contributed by atoms with Crippen LogP contribution in [0.25, 0.3) is 5.57 Å². The average Bonchev–Trinajstić information content (AvgIpc) is 2.84. The van der Waals surface area contributed by atoms with Crippen molar-refractivity contribution in [3.63, 3.8) is 0 Å². The second-order valence-electron chi connectivity index (χ2n) is 5.49. The molecule has 1 saturated carbocycles. The van der Waals surface area contributed by atoms with E-state index in [0.717, 1.165) is 25.7 Å². The summed E-state index contributed by atoms with van der Waals surface area (Å²) in [6, 6.07) is 6.13. The van der Waals surface area contributed by atoms with Crippen LogP contribution >= 0.6 is 0 Å². The van der Waals surface area contributed by atoms with Crippen molar-refractivity contribution >= 4 is 11.5 Å². The minimum atomic E-state index is -0.754. The Hall–Kier alpha value is -1.68. The van der Waals surface area contributed by atoms with Gasteiger partial charge in [-0.05, 0) is 43.0 Å². The van der Waals surface area contributed by atoms with Crippen LogP contribution in [-0.4, -0.2) is 23.2 Å². The summed E-state index contributed by atoms with van der Waals surface area (Å²) < 4.78 is 13.1. The van der Waals surface area contributed by atoms with E-state index in [1.807, 2.05) is 0 Å². The molecule has 0 radical (unpaired) electrons. The van der Waals surface area contributed by atoms with Gasteiger partial charge in [-0.3, -0.25) is 4.79 Å². The molecule has 0 saturated heterocycles. The van der Waals surface area contributed by atoms with Crippen molar-refractivity contribution in [3.8, 4) is 0 Å². The highest BCUT2D eigenvalue weighted by Crippen LogP contribution is 2.28. The Balaban J connectivity index is 1.94. The normalized spacial score (nSPS) is 18.1. The van der Waals surface area contributed by atoms with Gasteiger partial charge < -0.3 is 10.4 Å². The van der Waals surface area contributed by atoms with Crippen LogP contribution in [0.1, 0.15) is 38.2 Å². The molecule has 20 heavy (non-hydrogen) atoms. The number of rotatable bonds is 4. The average molecular weight is 277 g/mol. The number of carbonyl (C=O) groups is 1. The number of aliphatic hydroxyl groups is 1. The minimum absolute atomic E-state index is 0.257. The maximum Gasteiger partial charge on any atom is 0.244 e. The molecule has 4 heteroatoms. The number of hydrogen-bond acceptors (Lipinski definition) is 2. The number of hydrogen-bond donors (Lipinski definition) is 2. The summed E-state index contributed by atoms with van der Waals surface area (Å²) in [6.07, 6.45) is 4.92. The Labute approximate surface area is 118 Å². The molecule has 0 unspecified atom stereocenters. The van der Waals surface area contributed by atoms with E-state index in [4.69, 9.17) is 0 Å². The summed E-state index contributed by atoms with van der Waals surface area (Å²) in [6.45, 7) is 2.04. The Morgan fingerprint density at radius 2 is 2.15 bits per heavy atom. The van der Waals surface area contributed by atoms with E-state index in [0.29, 0.717) is 11.1 Å². The molecule has 1 amide bonds. The SMILES string of the molecule is C/C(=C/C(=O)NCC1(O)CCCC1)c1cccc(F)c1. The van der Waals surface area contributed by atoms with Crippen LogP contribution in [0, 0.1) is 5.82 Å². The first-order chi connectivity index (χ1) is 9.48. The fourth-order valence-electron chi connectivity index (χ4n) is 2.53. The second-order valence-corrected chi connectivity index (χ2v) is 5.49. The molecule has 2 rings (SSSR count). The Morgan fingerprint density at radius 1 is 1.45 bits per heavy atom. The first-order valence-electron chi connectivity index (χ1n) is 6.93. The maximum atomic E-state index is 13.1. The predicted molar refractivity (Wildman–Crippen MR) is 76.5 cm³/mol. The molecule has 108 valence electrons. The molecule has 2 N–H and O–H groups in total. The van der Waals surface area contributed by atoms with Crippen LogP contribution < -0.4 is 5.32 Å². The van der Waals surface area contributed by atoms with Gasteiger partial charge in [0.1, 0.15) is 5.82 Å². The smallest absolute Gasteiger partial charge is 0.244 e. The van der Waals surface area contributed by atoms with Crippen molar-refractivity contribution in [2.75, 3.05) is 6.54 Å². The van der Waals surface area contributed by atoms with Crippen molar-refractivity contribution in [2.24, 2.45) is 0 Å². The molecule has 1 aliphatic carbocycles. The monoisotopic (exact) mass is 277 g/mol. The zero-order valence-electron chi connectivity index (χ0n) is 11.7. The molecule has 1 aromatic rings. The summed E-state index contributed by atoms with van der Waals surface area (Å²) in [5.74, 6) is -0.581. The summed E-state index contributed by atoms with van der Waals surface area (Å²) in [5.41, 5.74) is 0.621. The van der Waals surface area contributed by atoms with Crippen LogP contribution in [0.3, 0.4) is 0 Å². The minimum Gasteiger partial charge on any atom is -0.388 e. The third-order valence-corrected chi connectivity index (χ3v) is 3.75. The lowest BCUT2D eigenvalue weighted by Gasteiger charge is -2.21. The van der Waals surface area contributed by atoms with Crippen LogP contribution in [0.4, 0.5) is 4.39 Å². The second kappa shape index (κ2) is 6.18. The maximum absolute atomic E-state index is 13.1. The summed E-state index contributed by atoms with van der Waals surface area (Å²) in [5, 5.41) is 12.9. The Bertz CT molecular complexity index is 519. The number of amides is 1. The molecule has 0 spiro atoms. The van der Waals surface area contributed by atoms with Gasteiger partial charge in [-0.15, -0.1) is 0 Å². The fourth-order valence-corrected chi connectivity index (χ4v) is 2.53. The highest BCUT2D eigenvalue weighted by Gasteiger charge is 2.30. The van der Waals surface area contributed by atoms with Gasteiger partial charge in [0.05, 0.1) is 5.60 Å². The number of halogens is 1. The zero-order valence-corrected chi connectivity index (χ0v) is 11.7. The first kappa shape index (κ1) is 14.7. The Morgan fingerprint density at radius 3 is 2.80 bits per heavy atom. The molecule has 0 aliphatic heterocycles. The van der Waals surface area contributed by atoms with Crippen LogP contribution in [-0.2, 0) is 4.79 Å². The summed E-state index contributed by atoms with van der Waals surface area (Å²) in [4.78, 5) is 11.8. The van der Waals surface area contributed by atoms with Gasteiger partial charge in [0.2, 0.25) is 5.91 Å². The molecule has 1 fully saturated rings. The number of nitrogens with one attached hydrogen (secondary N) is 1.